The number of hydrogen-bond donors (Lipinski definition) is 0. The molecule has 27 heteroatoms. The SMILES string of the molecule is C=C(C)C(=O)OCCOCCOCCOCCOCCOCCOCCOCCOCCOCCOCCOCCOCCOCCOCCOCCOCCOCCOCCOCCOCCOCCOCCOCCOCCOc1c(C(C)c2ccccc2)cc(C(C)c2ccccc2)cc1C(C)c1ccccc1. The zero-order valence-electron chi connectivity index (χ0n) is 67.1. The normalized spacial score (nSPS) is 12.4. The minimum absolute atomic E-state index is 0.113. The molecule has 4 aromatic carbocycles. The van der Waals surface area contributed by atoms with Crippen molar-refractivity contribution in [3.05, 3.63) is 149 Å². The third kappa shape index (κ3) is 55.2. The Bertz CT molecular complexity index is 2620. The topological polar surface area (TPSA) is 257 Å². The summed E-state index contributed by atoms with van der Waals surface area (Å²) in [6.45, 7) is 35.0. The molecule has 0 saturated carbocycles. The molecule has 111 heavy (non-hydrogen) atoms. The predicted octanol–water partition coefficient (Wildman–Crippen LogP) is 9.04. The van der Waals surface area contributed by atoms with Crippen LogP contribution in [0.25, 0.3) is 0 Å². The molecule has 0 heterocycles. The third-order valence-electron chi connectivity index (χ3n) is 16.3. The van der Waals surface area contributed by atoms with Crippen LogP contribution < -0.4 is 4.74 Å². The Balaban J connectivity index is 0.759. The lowest BCUT2D eigenvalue weighted by atomic mass is 9.81. The standard InChI is InChI=1S/C84H134O27/c1-73(2)84(85)111-70-68-109-66-64-107-62-60-105-58-56-103-54-52-101-50-48-99-46-44-97-42-40-95-38-36-93-34-32-91-30-28-89-26-24-87-22-21-86-23-25-88-27-29-90-31-33-92-35-37-94-39-41-96-43-45-98-47-49-100-51-53-102-55-57-104-59-61-106-63-65-108-67-69-110-83-81(75(4)78-17-11-7-12-18-78)71-80(74(3)77-15-9-6-10-16-77)72-82(83)76(5)79-19-13-8-14-20-79/h6-20,71-72,74-76H,1,21-70H2,2-5H3. The van der Waals surface area contributed by atoms with E-state index in [1.54, 1.807) is 6.92 Å². The summed E-state index contributed by atoms with van der Waals surface area (Å²) in [7, 11) is 0. The number of carbonyl (C=O) groups excluding carboxylic acids is 1. The van der Waals surface area contributed by atoms with E-state index >= 15 is 0 Å². The molecule has 0 radical (unpaired) electrons. The molecule has 0 spiro atoms. The summed E-state index contributed by atoms with van der Waals surface area (Å²) in [5.74, 6) is 0.940. The van der Waals surface area contributed by atoms with E-state index in [1.807, 2.05) is 0 Å². The van der Waals surface area contributed by atoms with Crippen molar-refractivity contribution < 1.29 is 128 Å². The fourth-order valence-corrected chi connectivity index (χ4v) is 10.2. The van der Waals surface area contributed by atoms with Gasteiger partial charge in [0, 0.05) is 34.5 Å². The van der Waals surface area contributed by atoms with Gasteiger partial charge in [0.25, 0.3) is 0 Å². The fraction of sp³-hybridized carbons (Fsp3) is 0.679. The van der Waals surface area contributed by atoms with Crippen molar-refractivity contribution in [1.29, 1.82) is 0 Å². The number of ether oxygens (including phenoxy) is 26. The van der Waals surface area contributed by atoms with Gasteiger partial charge in [0.05, 0.1) is 317 Å². The second kappa shape index (κ2) is 73.8. The van der Waals surface area contributed by atoms with Crippen LogP contribution in [0, 0.1) is 0 Å². The van der Waals surface area contributed by atoms with E-state index in [4.69, 9.17) is 123 Å². The van der Waals surface area contributed by atoms with Gasteiger partial charge in [-0.05, 0) is 29.2 Å². The third-order valence-corrected chi connectivity index (χ3v) is 16.3. The van der Waals surface area contributed by atoms with E-state index < -0.39 is 5.97 Å². The minimum Gasteiger partial charge on any atom is -0.491 e. The molecular weight excluding hydrogens is 1440 g/mol. The van der Waals surface area contributed by atoms with Crippen LogP contribution in [0.15, 0.2) is 115 Å². The Kier molecular flexibility index (Phi) is 65.3. The summed E-state index contributed by atoms with van der Waals surface area (Å²) in [6, 6.07) is 36.7. The molecule has 0 saturated heterocycles. The molecule has 632 valence electrons. The van der Waals surface area contributed by atoms with Gasteiger partial charge in [-0.25, -0.2) is 4.79 Å². The first kappa shape index (κ1) is 98.3. The van der Waals surface area contributed by atoms with E-state index in [1.165, 1.54) is 33.4 Å². The summed E-state index contributed by atoms with van der Waals surface area (Å²) in [6.07, 6.45) is 0. The van der Waals surface area contributed by atoms with Crippen LogP contribution in [-0.2, 0) is 123 Å². The summed E-state index contributed by atoms with van der Waals surface area (Å²) >= 11 is 0. The van der Waals surface area contributed by atoms with E-state index in [-0.39, 0.29) is 24.4 Å². The largest absolute Gasteiger partial charge is 0.491 e. The molecule has 0 amide bonds. The van der Waals surface area contributed by atoms with E-state index in [2.05, 4.69) is 130 Å². The first-order chi connectivity index (χ1) is 54.9. The van der Waals surface area contributed by atoms with Crippen LogP contribution in [0.1, 0.15) is 78.8 Å². The molecule has 0 fully saturated rings. The van der Waals surface area contributed by atoms with Crippen molar-refractivity contribution in [1.82, 2.24) is 0 Å². The Labute approximate surface area is 661 Å². The molecule has 0 aromatic heterocycles. The maximum Gasteiger partial charge on any atom is 0.333 e. The average molecular weight is 1580 g/mol. The number of rotatable bonds is 83. The quantitative estimate of drug-likeness (QED) is 0.0227. The number of hydrogen-bond acceptors (Lipinski definition) is 27. The Morgan fingerprint density at radius 3 is 0.577 bits per heavy atom. The summed E-state index contributed by atoms with van der Waals surface area (Å²) in [5, 5.41) is 0. The molecule has 27 nitrogen and oxygen atoms in total. The number of esters is 1. The predicted molar refractivity (Wildman–Crippen MR) is 419 cm³/mol. The van der Waals surface area contributed by atoms with Crippen LogP contribution in [0.2, 0.25) is 0 Å². The lowest BCUT2D eigenvalue weighted by molar-refractivity contribution is -0.140. The molecule has 0 aliphatic carbocycles. The number of benzene rings is 4. The molecule has 0 bridgehead atoms. The van der Waals surface area contributed by atoms with Gasteiger partial charge in [0.2, 0.25) is 0 Å². The Morgan fingerprint density at radius 2 is 0.396 bits per heavy atom. The average Bonchev–Trinajstić information content (AvgIpc) is 0.776. The molecular formula is C84H134O27. The summed E-state index contributed by atoms with van der Waals surface area (Å²) in [5.41, 5.74) is 7.76. The molecule has 4 aromatic rings. The van der Waals surface area contributed by atoms with Gasteiger partial charge in [-0.2, -0.15) is 0 Å². The highest BCUT2D eigenvalue weighted by Gasteiger charge is 2.25. The van der Waals surface area contributed by atoms with Gasteiger partial charge in [-0.3, -0.25) is 0 Å². The maximum absolute atomic E-state index is 11.3. The van der Waals surface area contributed by atoms with E-state index in [9.17, 15) is 4.79 Å². The van der Waals surface area contributed by atoms with Crippen LogP contribution in [0.4, 0.5) is 0 Å². The highest BCUT2D eigenvalue weighted by atomic mass is 16.6. The van der Waals surface area contributed by atoms with Gasteiger partial charge >= 0.3 is 5.97 Å². The zero-order valence-corrected chi connectivity index (χ0v) is 67.1. The first-order valence-electron chi connectivity index (χ1n) is 39.5. The van der Waals surface area contributed by atoms with Gasteiger partial charge < -0.3 is 123 Å². The lowest BCUT2D eigenvalue weighted by Gasteiger charge is -2.26. The smallest absolute Gasteiger partial charge is 0.333 e. The molecule has 3 atom stereocenters. The Morgan fingerprint density at radius 1 is 0.234 bits per heavy atom. The van der Waals surface area contributed by atoms with E-state index in [0.717, 1.165) is 5.75 Å². The maximum atomic E-state index is 11.3. The van der Waals surface area contributed by atoms with Crippen LogP contribution in [0.5, 0.6) is 5.75 Å². The van der Waals surface area contributed by atoms with Gasteiger partial charge in [-0.1, -0.05) is 130 Å². The highest BCUT2D eigenvalue weighted by Crippen LogP contribution is 2.43. The van der Waals surface area contributed by atoms with Crippen LogP contribution in [-0.4, -0.2) is 336 Å². The number of carbonyl (C=O) groups is 1. The van der Waals surface area contributed by atoms with Crippen molar-refractivity contribution in [2.24, 2.45) is 0 Å². The molecule has 0 aliphatic heterocycles. The summed E-state index contributed by atoms with van der Waals surface area (Å²) < 4.78 is 145. The van der Waals surface area contributed by atoms with Crippen LogP contribution in [0.3, 0.4) is 0 Å². The van der Waals surface area contributed by atoms with Gasteiger partial charge in [0.1, 0.15) is 19.0 Å². The lowest BCUT2D eigenvalue weighted by Crippen LogP contribution is -2.16. The Hall–Kier alpha value is -5.07. The molecule has 3 unspecified atom stereocenters. The van der Waals surface area contributed by atoms with Gasteiger partial charge in [0.15, 0.2) is 0 Å². The monoisotopic (exact) mass is 1570 g/mol. The molecule has 4 rings (SSSR count). The van der Waals surface area contributed by atoms with Gasteiger partial charge in [-0.15, -0.1) is 0 Å². The fourth-order valence-electron chi connectivity index (χ4n) is 10.2. The second-order valence-electron chi connectivity index (χ2n) is 24.9. The minimum atomic E-state index is -0.420. The molecule has 0 N–H and O–H groups in total. The van der Waals surface area contributed by atoms with E-state index in [0.29, 0.717) is 329 Å². The van der Waals surface area contributed by atoms with Crippen LogP contribution >= 0.6 is 0 Å². The summed E-state index contributed by atoms with van der Waals surface area (Å²) in [4.78, 5) is 11.3. The second-order valence-corrected chi connectivity index (χ2v) is 24.9. The van der Waals surface area contributed by atoms with Crippen molar-refractivity contribution in [3.63, 3.8) is 0 Å². The van der Waals surface area contributed by atoms with Crippen molar-refractivity contribution in [2.75, 3.05) is 330 Å². The van der Waals surface area contributed by atoms with Crippen molar-refractivity contribution >= 4 is 5.97 Å². The first-order valence-corrected chi connectivity index (χ1v) is 39.5. The van der Waals surface area contributed by atoms with Crippen molar-refractivity contribution in [2.45, 2.75) is 45.4 Å². The highest BCUT2D eigenvalue weighted by molar-refractivity contribution is 5.86. The zero-order chi connectivity index (χ0) is 78.7. The van der Waals surface area contributed by atoms with Crippen molar-refractivity contribution in [3.8, 4) is 5.75 Å². The molecule has 0 aliphatic rings.